The van der Waals surface area contributed by atoms with E-state index in [1.54, 1.807) is 7.11 Å². The predicted molar refractivity (Wildman–Crippen MR) is 63.6 cm³/mol. The molecule has 2 aliphatic heterocycles. The van der Waals surface area contributed by atoms with Crippen molar-refractivity contribution in [2.75, 3.05) is 53.1 Å². The quantitative estimate of drug-likeness (QED) is 0.637. The molecule has 4 nitrogen and oxygen atoms in total. The first-order chi connectivity index (χ1) is 7.90. The summed E-state index contributed by atoms with van der Waals surface area (Å²) >= 11 is 0. The Kier molecular flexibility index (Phi) is 5.03. The lowest BCUT2D eigenvalue weighted by Gasteiger charge is -2.16. The smallest absolute Gasteiger partial charge is 0.0593 e. The van der Waals surface area contributed by atoms with Gasteiger partial charge < -0.3 is 14.8 Å². The van der Waals surface area contributed by atoms with Crippen LogP contribution in [-0.4, -0.2) is 64.1 Å². The van der Waals surface area contributed by atoms with Crippen molar-refractivity contribution in [2.24, 2.45) is 5.92 Å². The number of nitrogens with one attached hydrogen (secondary N) is 1. The Balaban J connectivity index is 1.48. The van der Waals surface area contributed by atoms with E-state index in [0.29, 0.717) is 0 Å². The first-order valence-electron chi connectivity index (χ1n) is 6.42. The van der Waals surface area contributed by atoms with E-state index in [1.165, 1.54) is 26.1 Å². The first-order valence-corrected chi connectivity index (χ1v) is 6.42. The zero-order valence-electron chi connectivity index (χ0n) is 10.3. The molecular weight excluding hydrogens is 204 g/mol. The molecule has 0 aromatic heterocycles. The fourth-order valence-corrected chi connectivity index (χ4v) is 2.72. The van der Waals surface area contributed by atoms with E-state index in [1.807, 2.05) is 0 Å². The molecule has 2 rings (SSSR count). The van der Waals surface area contributed by atoms with Crippen LogP contribution in [0.5, 0.6) is 0 Å². The number of nitrogens with zero attached hydrogens (tertiary/aromatic N) is 1. The van der Waals surface area contributed by atoms with Crippen LogP contribution in [0.15, 0.2) is 0 Å². The summed E-state index contributed by atoms with van der Waals surface area (Å²) in [5.41, 5.74) is 0. The molecule has 1 N–H and O–H groups in total. The van der Waals surface area contributed by atoms with Crippen LogP contribution < -0.4 is 5.32 Å². The van der Waals surface area contributed by atoms with Crippen molar-refractivity contribution in [1.29, 1.82) is 0 Å². The van der Waals surface area contributed by atoms with Gasteiger partial charge in [0.05, 0.1) is 6.61 Å². The number of rotatable bonds is 7. The molecule has 0 bridgehead atoms. The van der Waals surface area contributed by atoms with E-state index < -0.39 is 0 Å². The number of methoxy groups -OCH3 is 1. The summed E-state index contributed by atoms with van der Waals surface area (Å²) in [5, 5.41) is 3.57. The minimum absolute atomic E-state index is 0.758. The van der Waals surface area contributed by atoms with E-state index in [-0.39, 0.29) is 0 Å². The van der Waals surface area contributed by atoms with Crippen molar-refractivity contribution in [2.45, 2.75) is 18.9 Å². The summed E-state index contributed by atoms with van der Waals surface area (Å²) in [6.07, 6.45) is 2.36. The summed E-state index contributed by atoms with van der Waals surface area (Å²) in [7, 11) is 1.73. The third-order valence-corrected chi connectivity index (χ3v) is 3.63. The normalized spacial score (nSPS) is 29.8. The van der Waals surface area contributed by atoms with Crippen molar-refractivity contribution in [3.63, 3.8) is 0 Å². The highest BCUT2D eigenvalue weighted by Crippen LogP contribution is 2.23. The van der Waals surface area contributed by atoms with Crippen molar-refractivity contribution in [1.82, 2.24) is 10.2 Å². The molecule has 0 aromatic rings. The predicted octanol–water partition coefficient (Wildman–Crippen LogP) is 0.333. The van der Waals surface area contributed by atoms with Gasteiger partial charge >= 0.3 is 0 Å². The van der Waals surface area contributed by atoms with Gasteiger partial charge in [0, 0.05) is 46.0 Å². The molecule has 0 aromatic carbocycles. The molecule has 16 heavy (non-hydrogen) atoms. The Morgan fingerprint density at radius 2 is 2.19 bits per heavy atom. The zero-order valence-corrected chi connectivity index (χ0v) is 10.3. The van der Waals surface area contributed by atoms with Gasteiger partial charge in [-0.25, -0.2) is 0 Å². The molecule has 94 valence electrons. The van der Waals surface area contributed by atoms with Crippen molar-refractivity contribution >= 4 is 0 Å². The Morgan fingerprint density at radius 1 is 1.25 bits per heavy atom. The fraction of sp³-hybridized carbons (Fsp3) is 1.00. The molecule has 2 aliphatic rings. The lowest BCUT2D eigenvalue weighted by molar-refractivity contribution is 0.0872. The van der Waals surface area contributed by atoms with Gasteiger partial charge in [0.1, 0.15) is 0 Å². The SMILES string of the molecule is COCCCOCCN1C[C@@H]2CCN[C@@H]2C1. The van der Waals surface area contributed by atoms with E-state index in [9.17, 15) is 0 Å². The van der Waals surface area contributed by atoms with Crippen LogP contribution in [-0.2, 0) is 9.47 Å². The van der Waals surface area contributed by atoms with Gasteiger partial charge in [-0.15, -0.1) is 0 Å². The Bertz CT molecular complexity index is 189. The molecular formula is C12H24N2O2. The van der Waals surface area contributed by atoms with Gasteiger partial charge in [0.15, 0.2) is 0 Å². The van der Waals surface area contributed by atoms with Crippen molar-refractivity contribution < 1.29 is 9.47 Å². The third kappa shape index (κ3) is 3.42. The summed E-state index contributed by atoms with van der Waals surface area (Å²) in [6.45, 7) is 7.28. The molecule has 2 heterocycles. The Labute approximate surface area is 98.3 Å². The first kappa shape index (κ1) is 12.3. The summed E-state index contributed by atoms with van der Waals surface area (Å²) in [4.78, 5) is 2.53. The zero-order chi connectivity index (χ0) is 11.2. The molecule has 0 radical (unpaired) electrons. The summed E-state index contributed by atoms with van der Waals surface area (Å²) < 4.78 is 10.6. The molecule has 2 fully saturated rings. The van der Waals surface area contributed by atoms with Crippen molar-refractivity contribution in [3.05, 3.63) is 0 Å². The summed E-state index contributed by atoms with van der Waals surface area (Å²) in [5.74, 6) is 0.897. The van der Waals surface area contributed by atoms with Crippen LogP contribution >= 0.6 is 0 Å². The molecule has 2 atom stereocenters. The van der Waals surface area contributed by atoms with Gasteiger partial charge in [-0.1, -0.05) is 0 Å². The average Bonchev–Trinajstić information content (AvgIpc) is 2.83. The maximum atomic E-state index is 5.58. The van der Waals surface area contributed by atoms with Gasteiger partial charge in [-0.3, -0.25) is 4.90 Å². The second kappa shape index (κ2) is 6.55. The van der Waals surface area contributed by atoms with Gasteiger partial charge in [0.2, 0.25) is 0 Å². The average molecular weight is 228 g/mol. The molecule has 0 saturated carbocycles. The van der Waals surface area contributed by atoms with Crippen LogP contribution in [0.3, 0.4) is 0 Å². The highest BCUT2D eigenvalue weighted by molar-refractivity contribution is 4.93. The van der Waals surface area contributed by atoms with E-state index in [0.717, 1.165) is 44.7 Å². The van der Waals surface area contributed by atoms with Crippen molar-refractivity contribution in [3.8, 4) is 0 Å². The molecule has 0 spiro atoms. The van der Waals surface area contributed by atoms with Gasteiger partial charge in [-0.2, -0.15) is 0 Å². The molecule has 0 unspecified atom stereocenters. The maximum Gasteiger partial charge on any atom is 0.0593 e. The Hall–Kier alpha value is -0.160. The highest BCUT2D eigenvalue weighted by atomic mass is 16.5. The highest BCUT2D eigenvalue weighted by Gasteiger charge is 2.35. The number of hydrogen-bond donors (Lipinski definition) is 1. The van der Waals surface area contributed by atoms with E-state index in [2.05, 4.69) is 10.2 Å². The number of fused-ring (bicyclic) bond motifs is 1. The number of likely N-dealkylation sites (tertiary alicyclic amines) is 1. The van der Waals surface area contributed by atoms with Crippen LogP contribution in [0.1, 0.15) is 12.8 Å². The third-order valence-electron chi connectivity index (χ3n) is 3.63. The van der Waals surface area contributed by atoms with E-state index in [4.69, 9.17) is 9.47 Å². The molecule has 0 aliphatic carbocycles. The second-order valence-corrected chi connectivity index (χ2v) is 4.83. The number of ether oxygens (including phenoxy) is 2. The molecule has 0 amide bonds. The standard InChI is InChI=1S/C12H24N2O2/c1-15-6-2-7-16-8-5-14-9-11-3-4-13-12(11)10-14/h11-13H,2-10H2,1H3/t11-,12+/m0/s1. The largest absolute Gasteiger partial charge is 0.385 e. The Morgan fingerprint density at radius 3 is 3.00 bits per heavy atom. The van der Waals surface area contributed by atoms with Gasteiger partial charge in [0.25, 0.3) is 0 Å². The molecule has 4 heteroatoms. The minimum Gasteiger partial charge on any atom is -0.385 e. The molecule has 2 saturated heterocycles. The second-order valence-electron chi connectivity index (χ2n) is 4.83. The van der Waals surface area contributed by atoms with Crippen LogP contribution in [0, 0.1) is 5.92 Å². The van der Waals surface area contributed by atoms with E-state index >= 15 is 0 Å². The van der Waals surface area contributed by atoms with Crippen LogP contribution in [0.4, 0.5) is 0 Å². The minimum atomic E-state index is 0.758. The topological polar surface area (TPSA) is 33.7 Å². The maximum absolute atomic E-state index is 5.58. The summed E-state index contributed by atoms with van der Waals surface area (Å²) in [6, 6.07) is 0.758. The lowest BCUT2D eigenvalue weighted by atomic mass is 10.1. The number of hydrogen-bond acceptors (Lipinski definition) is 4. The lowest BCUT2D eigenvalue weighted by Crippen LogP contribution is -2.31. The van der Waals surface area contributed by atoms with Gasteiger partial charge in [-0.05, 0) is 25.3 Å². The van der Waals surface area contributed by atoms with Crippen LogP contribution in [0.25, 0.3) is 0 Å². The fourth-order valence-electron chi connectivity index (χ4n) is 2.72. The van der Waals surface area contributed by atoms with Crippen LogP contribution in [0.2, 0.25) is 0 Å². The monoisotopic (exact) mass is 228 g/mol.